The molecule has 0 aliphatic carbocycles. The van der Waals surface area contributed by atoms with Gasteiger partial charge in [-0.15, -0.1) is 12.4 Å². The van der Waals surface area contributed by atoms with Crippen molar-refractivity contribution in [3.63, 3.8) is 0 Å². The number of rotatable bonds is 3. The standard InChI is InChI=1S/C16H22N2O3.ClH/c1-16(7-4-8-17-11-16)15(19)18-9-12-10-20-13-5-2-3-6-14(13)21-12;/h2-3,5-6,12,17H,4,7-11H2,1H3,(H,18,19);1H. The summed E-state index contributed by atoms with van der Waals surface area (Å²) >= 11 is 0. The topological polar surface area (TPSA) is 59.6 Å². The number of carbonyl (C=O) groups excluding carboxylic acids is 1. The van der Waals surface area contributed by atoms with Crippen LogP contribution in [0.1, 0.15) is 19.8 Å². The molecular formula is C16H23ClN2O3. The van der Waals surface area contributed by atoms with Gasteiger partial charge in [0.1, 0.15) is 12.7 Å². The largest absolute Gasteiger partial charge is 0.486 e. The number of fused-ring (bicyclic) bond motifs is 1. The molecule has 0 saturated carbocycles. The van der Waals surface area contributed by atoms with Gasteiger partial charge in [0.25, 0.3) is 0 Å². The van der Waals surface area contributed by atoms with Crippen LogP contribution in [0.2, 0.25) is 0 Å². The number of ether oxygens (including phenoxy) is 2. The summed E-state index contributed by atoms with van der Waals surface area (Å²) in [6.07, 6.45) is 1.83. The van der Waals surface area contributed by atoms with E-state index in [-0.39, 0.29) is 29.8 Å². The summed E-state index contributed by atoms with van der Waals surface area (Å²) in [5.41, 5.74) is -0.314. The molecule has 1 aromatic carbocycles. The quantitative estimate of drug-likeness (QED) is 0.888. The molecule has 0 radical (unpaired) electrons. The van der Waals surface area contributed by atoms with Gasteiger partial charge in [-0.2, -0.15) is 0 Å². The lowest BCUT2D eigenvalue weighted by molar-refractivity contribution is -0.131. The molecule has 1 amide bonds. The van der Waals surface area contributed by atoms with E-state index >= 15 is 0 Å². The molecule has 122 valence electrons. The summed E-state index contributed by atoms with van der Waals surface area (Å²) in [6, 6.07) is 7.60. The lowest BCUT2D eigenvalue weighted by Gasteiger charge is -2.33. The maximum absolute atomic E-state index is 12.4. The van der Waals surface area contributed by atoms with Crippen LogP contribution < -0.4 is 20.1 Å². The summed E-state index contributed by atoms with van der Waals surface area (Å²) in [4.78, 5) is 12.4. The minimum absolute atomic E-state index is 0. The number of nitrogens with one attached hydrogen (secondary N) is 2. The number of carbonyl (C=O) groups is 1. The number of piperidine rings is 1. The van der Waals surface area contributed by atoms with Crippen molar-refractivity contribution >= 4 is 18.3 Å². The van der Waals surface area contributed by atoms with Crippen LogP contribution in [0.25, 0.3) is 0 Å². The zero-order valence-corrected chi connectivity index (χ0v) is 13.6. The molecule has 5 nitrogen and oxygen atoms in total. The van der Waals surface area contributed by atoms with Crippen LogP contribution >= 0.6 is 12.4 Å². The Bertz CT molecular complexity index is 518. The molecule has 0 spiro atoms. The fraction of sp³-hybridized carbons (Fsp3) is 0.562. The van der Waals surface area contributed by atoms with Crippen LogP contribution in [-0.4, -0.2) is 38.3 Å². The van der Waals surface area contributed by atoms with E-state index < -0.39 is 0 Å². The zero-order chi connectivity index (χ0) is 14.7. The Kier molecular flexibility index (Phi) is 5.53. The van der Waals surface area contributed by atoms with Crippen LogP contribution in [0.5, 0.6) is 11.5 Å². The Morgan fingerprint density at radius 2 is 2.18 bits per heavy atom. The van der Waals surface area contributed by atoms with Gasteiger partial charge < -0.3 is 20.1 Å². The number of hydrogen-bond acceptors (Lipinski definition) is 4. The van der Waals surface area contributed by atoms with Gasteiger partial charge in [-0.05, 0) is 38.4 Å². The van der Waals surface area contributed by atoms with Crippen molar-refractivity contribution in [2.45, 2.75) is 25.9 Å². The van der Waals surface area contributed by atoms with Gasteiger partial charge in [0.05, 0.1) is 12.0 Å². The SMILES string of the molecule is CC1(C(=O)NCC2COc3ccccc3O2)CCCNC1.Cl. The molecule has 0 aromatic heterocycles. The van der Waals surface area contributed by atoms with E-state index in [1.165, 1.54) is 0 Å². The van der Waals surface area contributed by atoms with Crippen LogP contribution in [0.15, 0.2) is 24.3 Å². The predicted molar refractivity (Wildman–Crippen MR) is 86.8 cm³/mol. The highest BCUT2D eigenvalue weighted by Gasteiger charge is 2.35. The van der Waals surface area contributed by atoms with Crippen LogP contribution in [0.3, 0.4) is 0 Å². The Balaban J connectivity index is 0.00000176. The monoisotopic (exact) mass is 326 g/mol. The number of benzene rings is 1. The van der Waals surface area contributed by atoms with Crippen LogP contribution in [-0.2, 0) is 4.79 Å². The normalized spacial score (nSPS) is 26.7. The minimum Gasteiger partial charge on any atom is -0.486 e. The van der Waals surface area contributed by atoms with E-state index in [1.54, 1.807) is 0 Å². The molecule has 0 bridgehead atoms. The minimum atomic E-state index is -0.314. The fourth-order valence-corrected chi connectivity index (χ4v) is 2.83. The summed E-state index contributed by atoms with van der Waals surface area (Å²) < 4.78 is 11.5. The Morgan fingerprint density at radius 3 is 2.91 bits per heavy atom. The van der Waals surface area contributed by atoms with Crippen molar-refractivity contribution in [2.75, 3.05) is 26.2 Å². The first-order valence-corrected chi connectivity index (χ1v) is 7.55. The first kappa shape index (κ1) is 16.9. The molecule has 2 aliphatic heterocycles. The smallest absolute Gasteiger partial charge is 0.227 e. The second kappa shape index (κ2) is 7.20. The molecule has 2 heterocycles. The van der Waals surface area contributed by atoms with Crippen LogP contribution in [0.4, 0.5) is 0 Å². The average molecular weight is 327 g/mol. The van der Waals surface area contributed by atoms with Gasteiger partial charge in [0, 0.05) is 6.54 Å². The highest BCUT2D eigenvalue weighted by molar-refractivity contribution is 5.85. The number of halogens is 1. The molecule has 3 rings (SSSR count). The summed E-state index contributed by atoms with van der Waals surface area (Å²) in [5.74, 6) is 1.61. The van der Waals surface area contributed by atoms with E-state index in [4.69, 9.17) is 9.47 Å². The van der Waals surface area contributed by atoms with Crippen molar-refractivity contribution in [3.05, 3.63) is 24.3 Å². The Morgan fingerprint density at radius 1 is 1.41 bits per heavy atom. The first-order valence-electron chi connectivity index (χ1n) is 7.55. The first-order chi connectivity index (χ1) is 10.2. The molecular weight excluding hydrogens is 304 g/mol. The third-order valence-corrected chi connectivity index (χ3v) is 4.20. The zero-order valence-electron chi connectivity index (χ0n) is 12.8. The van der Waals surface area contributed by atoms with Crippen LogP contribution in [0, 0.1) is 5.41 Å². The molecule has 6 heteroatoms. The third-order valence-electron chi connectivity index (χ3n) is 4.20. The highest BCUT2D eigenvalue weighted by Crippen LogP contribution is 2.31. The number of hydrogen-bond donors (Lipinski definition) is 2. The lowest BCUT2D eigenvalue weighted by atomic mass is 9.82. The van der Waals surface area contributed by atoms with E-state index in [0.29, 0.717) is 13.2 Å². The summed E-state index contributed by atoms with van der Waals surface area (Å²) in [7, 11) is 0. The maximum atomic E-state index is 12.4. The molecule has 22 heavy (non-hydrogen) atoms. The number of para-hydroxylation sites is 2. The molecule has 2 N–H and O–H groups in total. The van der Waals surface area contributed by atoms with Gasteiger partial charge in [0.2, 0.25) is 5.91 Å². The Labute approximate surface area is 137 Å². The van der Waals surface area contributed by atoms with E-state index in [0.717, 1.165) is 37.4 Å². The van der Waals surface area contributed by atoms with Gasteiger partial charge in [-0.1, -0.05) is 12.1 Å². The van der Waals surface area contributed by atoms with E-state index in [9.17, 15) is 4.79 Å². The maximum Gasteiger partial charge on any atom is 0.227 e. The van der Waals surface area contributed by atoms with Crippen molar-refractivity contribution in [3.8, 4) is 11.5 Å². The molecule has 2 atom stereocenters. The van der Waals surface area contributed by atoms with Crippen molar-refractivity contribution in [1.82, 2.24) is 10.6 Å². The molecule has 2 aliphatic rings. The molecule has 1 aromatic rings. The fourth-order valence-electron chi connectivity index (χ4n) is 2.83. The van der Waals surface area contributed by atoms with Gasteiger partial charge in [-0.3, -0.25) is 4.79 Å². The van der Waals surface area contributed by atoms with Crippen molar-refractivity contribution < 1.29 is 14.3 Å². The van der Waals surface area contributed by atoms with Gasteiger partial charge in [-0.25, -0.2) is 0 Å². The summed E-state index contributed by atoms with van der Waals surface area (Å²) in [6.45, 7) is 4.69. The lowest BCUT2D eigenvalue weighted by Crippen LogP contribution is -2.51. The second-order valence-corrected chi connectivity index (χ2v) is 6.05. The summed E-state index contributed by atoms with van der Waals surface area (Å²) in [5, 5.41) is 6.30. The molecule has 2 unspecified atom stereocenters. The van der Waals surface area contributed by atoms with Gasteiger partial charge in [0.15, 0.2) is 11.5 Å². The average Bonchev–Trinajstić information content (AvgIpc) is 2.53. The molecule has 1 fully saturated rings. The predicted octanol–water partition coefficient (Wildman–Crippen LogP) is 1.75. The van der Waals surface area contributed by atoms with Crippen molar-refractivity contribution in [1.29, 1.82) is 0 Å². The van der Waals surface area contributed by atoms with E-state index in [1.807, 2.05) is 31.2 Å². The van der Waals surface area contributed by atoms with E-state index in [2.05, 4.69) is 10.6 Å². The molecule has 1 saturated heterocycles. The van der Waals surface area contributed by atoms with Crippen molar-refractivity contribution in [2.24, 2.45) is 5.41 Å². The van der Waals surface area contributed by atoms with Gasteiger partial charge >= 0.3 is 0 Å². The second-order valence-electron chi connectivity index (χ2n) is 6.05. The highest BCUT2D eigenvalue weighted by atomic mass is 35.5. The third kappa shape index (κ3) is 3.65. The number of amides is 1. The Hall–Kier alpha value is -1.46.